The molecule has 0 aliphatic carbocycles. The Labute approximate surface area is 226 Å². The molecule has 0 saturated carbocycles. The highest BCUT2D eigenvalue weighted by Crippen LogP contribution is 2.32. The zero-order valence-electron chi connectivity index (χ0n) is 21.3. The first kappa shape index (κ1) is 29.1. The molecule has 0 amide bonds. The van der Waals surface area contributed by atoms with Gasteiger partial charge in [0, 0.05) is 38.3 Å². The van der Waals surface area contributed by atoms with Gasteiger partial charge in [0.1, 0.15) is 0 Å². The van der Waals surface area contributed by atoms with Crippen LogP contribution in [0, 0.1) is 18.7 Å². The number of pyridine rings is 2. The third-order valence-electron chi connectivity index (χ3n) is 6.38. The third-order valence-corrected chi connectivity index (χ3v) is 7.85. The second-order valence-corrected chi connectivity index (χ2v) is 10.8. The monoisotopic (exact) mass is 585 g/mol. The van der Waals surface area contributed by atoms with Crippen LogP contribution in [0.1, 0.15) is 17.5 Å². The predicted molar refractivity (Wildman–Crippen MR) is 133 cm³/mol. The maximum atomic E-state index is 15.5. The van der Waals surface area contributed by atoms with E-state index in [-0.39, 0.29) is 17.3 Å². The minimum atomic E-state index is -5.62. The number of carbonyl (C=O) groups excluding carboxylic acids is 1. The zero-order valence-corrected chi connectivity index (χ0v) is 22.1. The second-order valence-electron chi connectivity index (χ2n) is 9.09. The quantitative estimate of drug-likeness (QED) is 0.223. The molecule has 0 radical (unpaired) electrons. The van der Waals surface area contributed by atoms with Crippen LogP contribution in [0.15, 0.2) is 59.8 Å². The number of hydrogen-bond donors (Lipinski definition) is 0. The van der Waals surface area contributed by atoms with Crippen LogP contribution in [0.25, 0.3) is 0 Å². The van der Waals surface area contributed by atoms with Gasteiger partial charge in [0.2, 0.25) is 11.0 Å². The highest BCUT2D eigenvalue weighted by molar-refractivity contribution is 7.92. The van der Waals surface area contributed by atoms with Crippen molar-refractivity contribution in [2.75, 3.05) is 29.5 Å². The van der Waals surface area contributed by atoms with E-state index >= 15 is 4.39 Å². The highest BCUT2D eigenvalue weighted by atomic mass is 32.2. The maximum absolute atomic E-state index is 15.5. The van der Waals surface area contributed by atoms with Gasteiger partial charge in [0.25, 0.3) is 0 Å². The van der Waals surface area contributed by atoms with Crippen LogP contribution in [0.2, 0.25) is 0 Å². The molecular weight excluding hydrogens is 561 g/mol. The Kier molecular flexibility index (Phi) is 8.25. The van der Waals surface area contributed by atoms with E-state index in [2.05, 4.69) is 19.7 Å². The van der Waals surface area contributed by atoms with Gasteiger partial charge in [-0.1, -0.05) is 40.9 Å². The van der Waals surface area contributed by atoms with E-state index < -0.39 is 49.2 Å². The van der Waals surface area contributed by atoms with Gasteiger partial charge in [-0.25, -0.2) is 14.2 Å². The molecule has 1 aliphatic heterocycles. The zero-order chi connectivity index (χ0) is 29.2. The number of hydrogen-bond acceptors (Lipinski definition) is 8. The number of carbonyl (C=O) groups is 1. The molecule has 1 aliphatic rings. The molecular formula is C25H24F5N5O4S. The number of benzene rings is 1. The maximum Gasteiger partial charge on any atom is 0.493 e. The molecule has 9 nitrogen and oxygen atoms in total. The molecule has 1 fully saturated rings. The first-order chi connectivity index (χ1) is 18.8. The Morgan fingerprint density at radius 3 is 2.48 bits per heavy atom. The number of sulfonamides is 1. The Balaban J connectivity index is 1.61. The molecule has 3 aromatic rings. The van der Waals surface area contributed by atoms with E-state index in [0.29, 0.717) is 13.1 Å². The summed E-state index contributed by atoms with van der Waals surface area (Å²) >= 11 is 0. The summed E-state index contributed by atoms with van der Waals surface area (Å²) in [6.07, 6.45) is -3.82. The Bertz CT molecular complexity index is 1490. The van der Waals surface area contributed by atoms with Gasteiger partial charge in [-0.05, 0) is 31.0 Å². The summed E-state index contributed by atoms with van der Waals surface area (Å²) < 4.78 is 93.7. The van der Waals surface area contributed by atoms with Crippen LogP contribution in [0.5, 0.6) is 0 Å². The molecule has 1 saturated heterocycles. The molecule has 2 aromatic heterocycles. The van der Waals surface area contributed by atoms with Crippen molar-refractivity contribution in [3.63, 3.8) is 0 Å². The minimum absolute atomic E-state index is 0.0631. The van der Waals surface area contributed by atoms with Gasteiger partial charge in [0.05, 0.1) is 11.9 Å². The van der Waals surface area contributed by atoms with Gasteiger partial charge in [0.15, 0.2) is 11.6 Å². The smallest absolute Gasteiger partial charge is 0.369 e. The van der Waals surface area contributed by atoms with E-state index in [4.69, 9.17) is 0 Å². The van der Waals surface area contributed by atoms with Gasteiger partial charge in [-0.3, -0.25) is 4.90 Å². The highest BCUT2D eigenvalue weighted by Gasteiger charge is 2.46. The van der Waals surface area contributed by atoms with Crippen molar-refractivity contribution in [2.45, 2.75) is 37.1 Å². The summed E-state index contributed by atoms with van der Waals surface area (Å²) in [4.78, 5) is 26.3. The third kappa shape index (κ3) is 6.14. The fraction of sp³-hybridized carbons (Fsp3) is 0.320. The Morgan fingerprint density at radius 2 is 1.82 bits per heavy atom. The molecule has 1 atom stereocenters. The number of alkyl halides is 3. The molecule has 1 aromatic carbocycles. The first-order valence-electron chi connectivity index (χ1n) is 11.9. The minimum Gasteiger partial charge on any atom is -0.369 e. The summed E-state index contributed by atoms with van der Waals surface area (Å²) in [6, 6.07) is 12.2. The number of likely N-dealkylation sites (tertiary alicyclic amines) is 1. The molecule has 0 bridgehead atoms. The number of rotatable bonds is 8. The van der Waals surface area contributed by atoms with Crippen LogP contribution in [-0.2, 0) is 26.2 Å². The van der Waals surface area contributed by atoms with Crippen molar-refractivity contribution in [1.29, 1.82) is 0 Å². The van der Waals surface area contributed by atoms with E-state index in [1.54, 1.807) is 11.9 Å². The number of aromatic nitrogens is 2. The Hall–Kier alpha value is -3.85. The van der Waals surface area contributed by atoms with E-state index in [1.165, 1.54) is 6.92 Å². The number of nitrogens with zero attached hydrogens (tertiary/aromatic N) is 5. The lowest BCUT2D eigenvalue weighted by Crippen LogP contribution is -2.40. The van der Waals surface area contributed by atoms with Crippen LogP contribution >= 0.6 is 0 Å². The number of anilines is 2. The lowest BCUT2D eigenvalue weighted by atomic mass is 10.1. The lowest BCUT2D eigenvalue weighted by Gasteiger charge is -2.29. The predicted octanol–water partition coefficient (Wildman–Crippen LogP) is 3.99. The molecule has 3 heterocycles. The summed E-state index contributed by atoms with van der Waals surface area (Å²) in [6.45, 7) is 3.41. The topological polar surface area (TPSA) is 95.9 Å². The molecule has 15 heteroatoms. The van der Waals surface area contributed by atoms with E-state index in [1.807, 2.05) is 30.3 Å². The number of likely N-dealkylation sites (N-methyl/N-ethyl adjacent to an activating group) is 1. The van der Waals surface area contributed by atoms with E-state index in [9.17, 15) is 30.8 Å². The van der Waals surface area contributed by atoms with Gasteiger partial charge in [-0.15, -0.1) is 0 Å². The van der Waals surface area contributed by atoms with Crippen LogP contribution in [0.3, 0.4) is 0 Å². The number of halogens is 5. The van der Waals surface area contributed by atoms with Crippen molar-refractivity contribution in [3.8, 4) is 0 Å². The Morgan fingerprint density at radius 1 is 1.12 bits per heavy atom. The fourth-order valence-electron chi connectivity index (χ4n) is 4.32. The molecule has 4 rings (SSSR count). The van der Waals surface area contributed by atoms with Crippen molar-refractivity contribution >= 4 is 27.5 Å². The van der Waals surface area contributed by atoms with Crippen LogP contribution in [-0.4, -0.2) is 61.6 Å². The van der Waals surface area contributed by atoms with Crippen molar-refractivity contribution in [1.82, 2.24) is 14.9 Å². The molecule has 0 spiro atoms. The SMILES string of the molecule is Cc1c(N(C)[C@H]2CCN(Cc3ccccc3)C2)cnc(S(=O)(=O)N(OC(=O)C(F)(F)F)c2cccc(F)n2)c1F. The largest absolute Gasteiger partial charge is 0.493 e. The average Bonchev–Trinajstić information content (AvgIpc) is 3.36. The summed E-state index contributed by atoms with van der Waals surface area (Å²) in [7, 11) is -3.74. The van der Waals surface area contributed by atoms with Crippen molar-refractivity contribution < 1.29 is 40.0 Å². The standard InChI is InChI=1S/C25H24F5N5O4S/c1-16-19(33(2)18-11-12-34(15-18)14-17-7-4-3-5-8-17)13-31-23(22(16)27)40(37,38)35(39-24(36)25(28,29)30)21-10-6-9-20(26)32-21/h3-10,13,18H,11-12,14-15H2,1-2H3/t18-/m0/s1. The summed E-state index contributed by atoms with van der Waals surface area (Å²) in [5.41, 5.74) is 1.23. The van der Waals surface area contributed by atoms with Crippen LogP contribution in [0.4, 0.5) is 33.5 Å². The van der Waals surface area contributed by atoms with Crippen molar-refractivity contribution in [3.05, 3.63) is 77.6 Å². The lowest BCUT2D eigenvalue weighted by molar-refractivity contribution is -0.199. The average molecular weight is 586 g/mol. The van der Waals surface area contributed by atoms with E-state index in [0.717, 1.165) is 42.9 Å². The summed E-state index contributed by atoms with van der Waals surface area (Å²) in [5, 5.41) is -1.33. The first-order valence-corrected chi connectivity index (χ1v) is 13.3. The van der Waals surface area contributed by atoms with Gasteiger partial charge in [-0.2, -0.15) is 31.0 Å². The van der Waals surface area contributed by atoms with Crippen molar-refractivity contribution in [2.24, 2.45) is 0 Å². The van der Waals surface area contributed by atoms with Crippen LogP contribution < -0.4 is 9.37 Å². The second kappa shape index (κ2) is 11.3. The van der Waals surface area contributed by atoms with Gasteiger partial charge >= 0.3 is 22.2 Å². The fourth-order valence-corrected chi connectivity index (χ4v) is 5.55. The summed E-state index contributed by atoms with van der Waals surface area (Å²) in [5.74, 6) is -6.67. The molecule has 40 heavy (non-hydrogen) atoms. The molecule has 0 N–H and O–H groups in total. The van der Waals surface area contributed by atoms with Gasteiger partial charge < -0.3 is 9.74 Å². The normalized spacial score (nSPS) is 16.1. The molecule has 0 unspecified atom stereocenters. The molecule has 214 valence electrons.